The Balaban J connectivity index is 2.44. The standard InChI is InChI=1S/C18H30/c1-13(2)16-11-10-15-9-7-6-8-12-18(5,14(3)4)17(15)16/h10-11,13-14,16H,6-9,12H2,1-5H3. The van der Waals surface area contributed by atoms with Crippen molar-refractivity contribution < 1.29 is 0 Å². The molecule has 102 valence electrons. The van der Waals surface area contributed by atoms with Crippen LogP contribution in [0.4, 0.5) is 0 Å². The third kappa shape index (κ3) is 2.31. The molecular weight excluding hydrogens is 216 g/mol. The van der Waals surface area contributed by atoms with Crippen molar-refractivity contribution in [3.8, 4) is 0 Å². The SMILES string of the molecule is CC(C)C1C=CC2=C1C(C)(C(C)C)CCCCC2. The molecule has 2 atom stereocenters. The maximum Gasteiger partial charge on any atom is 0.00144 e. The number of hydrogen-bond acceptors (Lipinski definition) is 0. The van der Waals surface area contributed by atoms with Crippen molar-refractivity contribution >= 4 is 0 Å². The highest BCUT2D eigenvalue weighted by atomic mass is 14.4. The Kier molecular flexibility index (Phi) is 4.04. The van der Waals surface area contributed by atoms with Crippen molar-refractivity contribution in [1.29, 1.82) is 0 Å². The van der Waals surface area contributed by atoms with Crippen LogP contribution in [0.3, 0.4) is 0 Å². The van der Waals surface area contributed by atoms with Crippen LogP contribution in [-0.2, 0) is 0 Å². The van der Waals surface area contributed by atoms with Crippen LogP contribution in [0.2, 0.25) is 0 Å². The van der Waals surface area contributed by atoms with E-state index >= 15 is 0 Å². The Morgan fingerprint density at radius 1 is 1.11 bits per heavy atom. The molecule has 0 fully saturated rings. The van der Waals surface area contributed by atoms with Crippen molar-refractivity contribution in [3.63, 3.8) is 0 Å². The maximum atomic E-state index is 2.53. The lowest BCUT2D eigenvalue weighted by Gasteiger charge is -2.41. The van der Waals surface area contributed by atoms with E-state index in [-0.39, 0.29) is 0 Å². The summed E-state index contributed by atoms with van der Waals surface area (Å²) >= 11 is 0. The summed E-state index contributed by atoms with van der Waals surface area (Å²) in [6, 6.07) is 0. The highest BCUT2D eigenvalue weighted by Gasteiger charge is 2.40. The Morgan fingerprint density at radius 3 is 2.44 bits per heavy atom. The number of hydrogen-bond donors (Lipinski definition) is 0. The minimum Gasteiger partial charge on any atom is -0.0768 e. The summed E-state index contributed by atoms with van der Waals surface area (Å²) in [4.78, 5) is 0. The molecule has 2 aliphatic carbocycles. The highest BCUT2D eigenvalue weighted by molar-refractivity contribution is 5.41. The zero-order chi connectivity index (χ0) is 13.3. The van der Waals surface area contributed by atoms with Gasteiger partial charge < -0.3 is 0 Å². The molecular formula is C18H30. The minimum atomic E-state index is 0.425. The van der Waals surface area contributed by atoms with Gasteiger partial charge in [0.05, 0.1) is 0 Å². The van der Waals surface area contributed by atoms with Crippen LogP contribution < -0.4 is 0 Å². The first-order chi connectivity index (χ1) is 8.47. The topological polar surface area (TPSA) is 0 Å². The fourth-order valence-corrected chi connectivity index (χ4v) is 3.86. The van der Waals surface area contributed by atoms with Crippen LogP contribution in [0.1, 0.15) is 66.7 Å². The molecule has 0 N–H and O–H groups in total. The van der Waals surface area contributed by atoms with Crippen LogP contribution in [0, 0.1) is 23.2 Å². The Morgan fingerprint density at radius 2 is 1.83 bits per heavy atom. The average molecular weight is 246 g/mol. The lowest BCUT2D eigenvalue weighted by Crippen LogP contribution is -2.31. The van der Waals surface area contributed by atoms with Gasteiger partial charge in [-0.25, -0.2) is 0 Å². The van der Waals surface area contributed by atoms with E-state index in [0.717, 1.165) is 11.8 Å². The fraction of sp³-hybridized carbons (Fsp3) is 0.778. The normalized spacial score (nSPS) is 32.9. The predicted octanol–water partition coefficient (Wildman–Crippen LogP) is 5.75. The third-order valence-electron chi connectivity index (χ3n) is 5.43. The second-order valence-corrected chi connectivity index (χ2v) is 7.20. The maximum absolute atomic E-state index is 2.53. The van der Waals surface area contributed by atoms with Crippen LogP contribution in [0.25, 0.3) is 0 Å². The Labute approximate surface area is 114 Å². The summed E-state index contributed by atoms with van der Waals surface area (Å²) in [5.41, 5.74) is 3.91. The summed E-state index contributed by atoms with van der Waals surface area (Å²) in [7, 11) is 0. The predicted molar refractivity (Wildman–Crippen MR) is 80.5 cm³/mol. The van der Waals surface area contributed by atoms with E-state index in [9.17, 15) is 0 Å². The van der Waals surface area contributed by atoms with E-state index in [2.05, 4.69) is 46.8 Å². The van der Waals surface area contributed by atoms with Crippen molar-refractivity contribution in [2.75, 3.05) is 0 Å². The van der Waals surface area contributed by atoms with Gasteiger partial charge in [-0.05, 0) is 42.1 Å². The van der Waals surface area contributed by atoms with Gasteiger partial charge in [0, 0.05) is 5.92 Å². The monoisotopic (exact) mass is 246 g/mol. The smallest absolute Gasteiger partial charge is 0.00144 e. The largest absolute Gasteiger partial charge is 0.0768 e. The lowest BCUT2D eigenvalue weighted by atomic mass is 9.63. The van der Waals surface area contributed by atoms with E-state index in [1.807, 2.05) is 0 Å². The second-order valence-electron chi connectivity index (χ2n) is 7.20. The molecule has 0 heterocycles. The van der Waals surface area contributed by atoms with E-state index in [1.165, 1.54) is 32.1 Å². The molecule has 2 aliphatic rings. The molecule has 0 aliphatic heterocycles. The lowest BCUT2D eigenvalue weighted by molar-refractivity contribution is 0.215. The van der Waals surface area contributed by atoms with E-state index in [1.54, 1.807) is 11.1 Å². The van der Waals surface area contributed by atoms with Gasteiger partial charge in [-0.3, -0.25) is 0 Å². The molecule has 0 heteroatoms. The first-order valence-electron chi connectivity index (χ1n) is 7.88. The van der Waals surface area contributed by atoms with E-state index in [4.69, 9.17) is 0 Å². The molecule has 18 heavy (non-hydrogen) atoms. The molecule has 0 aromatic heterocycles. The molecule has 0 nitrogen and oxygen atoms in total. The highest BCUT2D eigenvalue weighted by Crippen LogP contribution is 2.51. The molecule has 0 bridgehead atoms. The van der Waals surface area contributed by atoms with Crippen molar-refractivity contribution in [2.45, 2.75) is 66.7 Å². The minimum absolute atomic E-state index is 0.425. The molecule has 0 spiro atoms. The van der Waals surface area contributed by atoms with Crippen molar-refractivity contribution in [3.05, 3.63) is 23.3 Å². The van der Waals surface area contributed by atoms with Crippen LogP contribution in [0.5, 0.6) is 0 Å². The summed E-state index contributed by atoms with van der Waals surface area (Å²) in [5, 5.41) is 0. The van der Waals surface area contributed by atoms with Crippen molar-refractivity contribution in [1.82, 2.24) is 0 Å². The summed E-state index contributed by atoms with van der Waals surface area (Å²) in [6.07, 6.45) is 11.9. The zero-order valence-electron chi connectivity index (χ0n) is 12.9. The van der Waals surface area contributed by atoms with Gasteiger partial charge in [0.15, 0.2) is 0 Å². The Bertz CT molecular complexity index is 356. The molecule has 0 aromatic rings. The first-order valence-corrected chi connectivity index (χ1v) is 7.88. The molecule has 0 saturated heterocycles. The third-order valence-corrected chi connectivity index (χ3v) is 5.43. The fourth-order valence-electron chi connectivity index (χ4n) is 3.86. The zero-order valence-corrected chi connectivity index (χ0v) is 12.9. The summed E-state index contributed by atoms with van der Waals surface area (Å²) < 4.78 is 0. The number of rotatable bonds is 2. The van der Waals surface area contributed by atoms with Gasteiger partial charge in [0.25, 0.3) is 0 Å². The van der Waals surface area contributed by atoms with Gasteiger partial charge in [-0.2, -0.15) is 0 Å². The van der Waals surface area contributed by atoms with Gasteiger partial charge >= 0.3 is 0 Å². The van der Waals surface area contributed by atoms with Gasteiger partial charge in [0.2, 0.25) is 0 Å². The average Bonchev–Trinajstić information content (AvgIpc) is 2.69. The van der Waals surface area contributed by atoms with Gasteiger partial charge in [-0.1, -0.05) is 65.2 Å². The van der Waals surface area contributed by atoms with Gasteiger partial charge in [0.1, 0.15) is 0 Å². The molecule has 0 aromatic carbocycles. The molecule has 0 radical (unpaired) electrons. The second kappa shape index (κ2) is 5.23. The van der Waals surface area contributed by atoms with E-state index < -0.39 is 0 Å². The van der Waals surface area contributed by atoms with Crippen LogP contribution in [0.15, 0.2) is 23.3 Å². The van der Waals surface area contributed by atoms with Crippen molar-refractivity contribution in [2.24, 2.45) is 23.2 Å². The van der Waals surface area contributed by atoms with Crippen LogP contribution in [-0.4, -0.2) is 0 Å². The molecule has 2 unspecified atom stereocenters. The Hall–Kier alpha value is -0.520. The number of allylic oxidation sites excluding steroid dienone is 4. The van der Waals surface area contributed by atoms with Crippen LogP contribution >= 0.6 is 0 Å². The summed E-state index contributed by atoms with van der Waals surface area (Å²) in [5.74, 6) is 2.19. The molecule has 0 amide bonds. The molecule has 0 saturated carbocycles. The summed E-state index contributed by atoms with van der Waals surface area (Å²) in [6.45, 7) is 12.1. The van der Waals surface area contributed by atoms with Gasteiger partial charge in [-0.15, -0.1) is 0 Å². The van der Waals surface area contributed by atoms with E-state index in [0.29, 0.717) is 11.3 Å². The quantitative estimate of drug-likeness (QED) is 0.582. The first kappa shape index (κ1) is 13.9. The molecule has 2 rings (SSSR count).